The van der Waals surface area contributed by atoms with Gasteiger partial charge in [-0.25, -0.2) is 10.1 Å². The van der Waals surface area contributed by atoms with E-state index in [-0.39, 0.29) is 5.56 Å². The summed E-state index contributed by atoms with van der Waals surface area (Å²) >= 11 is 0. The summed E-state index contributed by atoms with van der Waals surface area (Å²) in [4.78, 5) is 30.1. The number of pyridine rings is 1. The van der Waals surface area contributed by atoms with Crippen LogP contribution in [0.4, 0.5) is 5.82 Å². The molecule has 0 spiro atoms. The Hall–Kier alpha value is -4.06. The Balaban J connectivity index is 1.92. The van der Waals surface area contributed by atoms with Crippen molar-refractivity contribution in [2.75, 3.05) is 5.32 Å². The zero-order valence-corrected chi connectivity index (χ0v) is 15.7. The maximum Gasteiger partial charge on any atom is 0.277 e. The molecule has 6 heteroatoms. The molecule has 0 aliphatic heterocycles. The van der Waals surface area contributed by atoms with Gasteiger partial charge in [0.2, 0.25) is 0 Å². The number of carbonyl (C=O) groups excluding carboxylic acids is 1. The SMILES string of the molecule is Cc1cccnc1NC(=O)c1c(-c2ccccc2)c(-c2ccccc2)n[nH]c1=O. The molecule has 0 unspecified atom stereocenters. The van der Waals surface area contributed by atoms with Crippen LogP contribution in [0, 0.1) is 6.92 Å². The number of H-pyrrole nitrogens is 1. The van der Waals surface area contributed by atoms with Crippen molar-refractivity contribution >= 4 is 11.7 Å². The van der Waals surface area contributed by atoms with Gasteiger partial charge in [-0.05, 0) is 24.1 Å². The Morgan fingerprint density at radius 3 is 2.21 bits per heavy atom. The highest BCUT2D eigenvalue weighted by molar-refractivity contribution is 6.10. The largest absolute Gasteiger partial charge is 0.306 e. The maximum atomic E-state index is 13.2. The molecule has 0 saturated carbocycles. The number of nitrogens with zero attached hydrogens (tertiary/aromatic N) is 2. The minimum Gasteiger partial charge on any atom is -0.306 e. The highest BCUT2D eigenvalue weighted by atomic mass is 16.2. The summed E-state index contributed by atoms with van der Waals surface area (Å²) in [6.45, 7) is 1.84. The number of aromatic nitrogens is 3. The third-order valence-electron chi connectivity index (χ3n) is 4.56. The number of hydrogen-bond donors (Lipinski definition) is 2. The van der Waals surface area contributed by atoms with Gasteiger partial charge in [-0.3, -0.25) is 9.59 Å². The van der Waals surface area contributed by atoms with Gasteiger partial charge in [-0.1, -0.05) is 66.7 Å². The number of amides is 1. The average Bonchev–Trinajstić information content (AvgIpc) is 2.76. The molecule has 4 aromatic rings. The Morgan fingerprint density at radius 1 is 0.897 bits per heavy atom. The van der Waals surface area contributed by atoms with Gasteiger partial charge < -0.3 is 5.32 Å². The maximum absolute atomic E-state index is 13.2. The van der Waals surface area contributed by atoms with E-state index >= 15 is 0 Å². The first kappa shape index (κ1) is 18.3. The van der Waals surface area contributed by atoms with Crippen molar-refractivity contribution in [2.24, 2.45) is 0 Å². The smallest absolute Gasteiger partial charge is 0.277 e. The molecular weight excluding hydrogens is 364 g/mol. The lowest BCUT2D eigenvalue weighted by molar-refractivity contribution is 0.102. The van der Waals surface area contributed by atoms with Crippen molar-refractivity contribution < 1.29 is 4.79 Å². The van der Waals surface area contributed by atoms with Gasteiger partial charge in [0.15, 0.2) is 0 Å². The van der Waals surface area contributed by atoms with Gasteiger partial charge in [0.05, 0.1) is 5.69 Å². The monoisotopic (exact) mass is 382 g/mol. The van der Waals surface area contributed by atoms with Crippen LogP contribution >= 0.6 is 0 Å². The van der Waals surface area contributed by atoms with E-state index in [1.165, 1.54) is 0 Å². The molecule has 1 amide bonds. The molecule has 2 aromatic heterocycles. The quantitative estimate of drug-likeness (QED) is 0.557. The van der Waals surface area contributed by atoms with Gasteiger partial charge in [0.25, 0.3) is 11.5 Å². The van der Waals surface area contributed by atoms with Crippen LogP contribution in [0.25, 0.3) is 22.4 Å². The fourth-order valence-corrected chi connectivity index (χ4v) is 3.14. The van der Waals surface area contributed by atoms with E-state index in [0.29, 0.717) is 17.1 Å². The van der Waals surface area contributed by atoms with Gasteiger partial charge in [0.1, 0.15) is 11.4 Å². The number of benzene rings is 2. The normalized spacial score (nSPS) is 10.5. The number of nitrogens with one attached hydrogen (secondary N) is 2. The summed E-state index contributed by atoms with van der Waals surface area (Å²) in [5, 5.41) is 9.49. The second-order valence-electron chi connectivity index (χ2n) is 6.51. The van der Waals surface area contributed by atoms with E-state index in [2.05, 4.69) is 20.5 Å². The molecule has 2 N–H and O–H groups in total. The van der Waals surface area contributed by atoms with E-state index in [0.717, 1.165) is 16.7 Å². The van der Waals surface area contributed by atoms with Gasteiger partial charge in [0, 0.05) is 17.3 Å². The van der Waals surface area contributed by atoms with E-state index in [1.807, 2.05) is 73.7 Å². The molecule has 0 saturated heterocycles. The van der Waals surface area contributed by atoms with Gasteiger partial charge in [-0.15, -0.1) is 0 Å². The topological polar surface area (TPSA) is 87.7 Å². The van der Waals surface area contributed by atoms with Crippen molar-refractivity contribution in [3.63, 3.8) is 0 Å². The van der Waals surface area contributed by atoms with Crippen LogP contribution in [-0.4, -0.2) is 21.1 Å². The Kier molecular flexibility index (Phi) is 4.99. The molecule has 2 heterocycles. The van der Waals surface area contributed by atoms with Gasteiger partial charge in [-0.2, -0.15) is 5.10 Å². The molecule has 2 aromatic carbocycles. The lowest BCUT2D eigenvalue weighted by Crippen LogP contribution is -2.26. The van der Waals surface area contributed by atoms with Crippen LogP contribution in [0.15, 0.2) is 83.8 Å². The fourth-order valence-electron chi connectivity index (χ4n) is 3.14. The first-order valence-corrected chi connectivity index (χ1v) is 9.11. The second kappa shape index (κ2) is 7.90. The first-order chi connectivity index (χ1) is 14.1. The van der Waals surface area contributed by atoms with Crippen LogP contribution in [0.5, 0.6) is 0 Å². The predicted molar refractivity (Wildman–Crippen MR) is 113 cm³/mol. The first-order valence-electron chi connectivity index (χ1n) is 9.11. The van der Waals surface area contributed by atoms with Gasteiger partial charge >= 0.3 is 0 Å². The molecule has 0 aliphatic carbocycles. The number of carbonyl (C=O) groups is 1. The molecular formula is C23H18N4O2. The van der Waals surface area contributed by atoms with Crippen LogP contribution in [0.1, 0.15) is 15.9 Å². The minimum absolute atomic E-state index is 0.00453. The van der Waals surface area contributed by atoms with Crippen molar-refractivity contribution in [1.82, 2.24) is 15.2 Å². The molecule has 0 fully saturated rings. The molecule has 0 aliphatic rings. The standard InChI is InChI=1S/C23H18N4O2/c1-15-9-8-14-24-21(15)25-22(28)19-18(16-10-4-2-5-11-16)20(26-27-23(19)29)17-12-6-3-7-13-17/h2-14H,1H3,(H,27,29)(H,24,25,28). The molecule has 6 nitrogen and oxygen atoms in total. The number of aryl methyl sites for hydroxylation is 1. The molecule has 4 rings (SSSR count). The van der Waals surface area contributed by atoms with Crippen molar-refractivity contribution in [2.45, 2.75) is 6.92 Å². The summed E-state index contributed by atoms with van der Waals surface area (Å²) < 4.78 is 0. The lowest BCUT2D eigenvalue weighted by atomic mass is 9.95. The van der Waals surface area contributed by atoms with E-state index in [1.54, 1.807) is 12.3 Å². The third kappa shape index (κ3) is 3.68. The van der Waals surface area contributed by atoms with Crippen molar-refractivity contribution in [3.05, 3.63) is 100 Å². The van der Waals surface area contributed by atoms with E-state index in [9.17, 15) is 9.59 Å². The molecule has 0 atom stereocenters. The van der Waals surface area contributed by atoms with Crippen molar-refractivity contribution in [1.29, 1.82) is 0 Å². The lowest BCUT2D eigenvalue weighted by Gasteiger charge is -2.14. The highest BCUT2D eigenvalue weighted by Crippen LogP contribution is 2.31. The predicted octanol–water partition coefficient (Wildman–Crippen LogP) is 4.06. The molecule has 0 radical (unpaired) electrons. The van der Waals surface area contributed by atoms with Crippen LogP contribution in [0.2, 0.25) is 0 Å². The highest BCUT2D eigenvalue weighted by Gasteiger charge is 2.23. The molecule has 29 heavy (non-hydrogen) atoms. The van der Waals surface area contributed by atoms with Crippen LogP contribution in [-0.2, 0) is 0 Å². The Labute approximate surface area is 167 Å². The Morgan fingerprint density at radius 2 is 1.55 bits per heavy atom. The summed E-state index contributed by atoms with van der Waals surface area (Å²) in [6, 6.07) is 22.4. The van der Waals surface area contributed by atoms with E-state index in [4.69, 9.17) is 0 Å². The third-order valence-corrected chi connectivity index (χ3v) is 4.56. The number of anilines is 1. The van der Waals surface area contributed by atoms with E-state index < -0.39 is 11.5 Å². The van der Waals surface area contributed by atoms with Crippen molar-refractivity contribution in [3.8, 4) is 22.4 Å². The van der Waals surface area contributed by atoms with Crippen LogP contribution in [0.3, 0.4) is 0 Å². The number of rotatable bonds is 4. The average molecular weight is 382 g/mol. The Bertz CT molecular complexity index is 1220. The minimum atomic E-state index is -0.561. The zero-order valence-electron chi connectivity index (χ0n) is 15.7. The number of aromatic amines is 1. The summed E-state index contributed by atoms with van der Waals surface area (Å²) in [5.41, 5.74) is 2.77. The second-order valence-corrected chi connectivity index (χ2v) is 6.51. The zero-order chi connectivity index (χ0) is 20.2. The number of hydrogen-bond acceptors (Lipinski definition) is 4. The fraction of sp³-hybridized carbons (Fsp3) is 0.0435. The summed E-state index contributed by atoms with van der Waals surface area (Å²) in [7, 11) is 0. The molecule has 0 bridgehead atoms. The molecule has 142 valence electrons. The summed E-state index contributed by atoms with van der Waals surface area (Å²) in [5.74, 6) is -0.125. The summed E-state index contributed by atoms with van der Waals surface area (Å²) in [6.07, 6.45) is 1.59. The van der Waals surface area contributed by atoms with Crippen LogP contribution < -0.4 is 10.9 Å².